The molecule has 8 heteroatoms. The van der Waals surface area contributed by atoms with Crippen LogP contribution in [0, 0.1) is 0 Å². The molecule has 2 aromatic carbocycles. The highest BCUT2D eigenvalue weighted by Gasteiger charge is 2.52. The fraction of sp³-hybridized carbons (Fsp3) is 0.273. The van der Waals surface area contributed by atoms with Crippen molar-refractivity contribution < 1.29 is 13.2 Å². The summed E-state index contributed by atoms with van der Waals surface area (Å²) >= 11 is 5.91. The van der Waals surface area contributed by atoms with Crippen molar-refractivity contribution in [1.82, 2.24) is 9.55 Å². The Kier molecular flexibility index (Phi) is 5.66. The van der Waals surface area contributed by atoms with Gasteiger partial charge in [0.05, 0.1) is 11.2 Å². The van der Waals surface area contributed by atoms with Crippen molar-refractivity contribution in [3.05, 3.63) is 77.8 Å². The molecule has 1 heterocycles. The van der Waals surface area contributed by atoms with Crippen LogP contribution in [0.3, 0.4) is 0 Å². The zero-order valence-corrected chi connectivity index (χ0v) is 17.9. The summed E-state index contributed by atoms with van der Waals surface area (Å²) in [6.45, 7) is 0.609. The van der Waals surface area contributed by atoms with E-state index in [0.29, 0.717) is 42.9 Å². The van der Waals surface area contributed by atoms with E-state index < -0.39 is 20.5 Å². The number of rotatable bonds is 6. The van der Waals surface area contributed by atoms with Crippen molar-refractivity contribution in [1.29, 1.82) is 0 Å². The predicted octanol–water partition coefficient (Wildman–Crippen LogP) is 4.31. The molecule has 4 rings (SSSR count). The first-order chi connectivity index (χ1) is 14.4. The summed E-state index contributed by atoms with van der Waals surface area (Å²) < 4.78 is 27.4. The SMILES string of the molecule is O=C(Nc1cccc(Cn2ccnc2)c1)C1(S(=O)(=O)c2ccc(Cl)cc2)CCCC1. The maximum absolute atomic E-state index is 13.5. The molecule has 1 aromatic heterocycles. The highest BCUT2D eigenvalue weighted by Crippen LogP contribution is 2.41. The molecule has 0 atom stereocenters. The average Bonchev–Trinajstić information content (AvgIpc) is 3.41. The van der Waals surface area contributed by atoms with Gasteiger partial charge in [-0.1, -0.05) is 36.6 Å². The molecule has 1 fully saturated rings. The molecule has 1 saturated carbocycles. The van der Waals surface area contributed by atoms with Gasteiger partial charge in [-0.15, -0.1) is 0 Å². The zero-order chi connectivity index (χ0) is 21.2. The fourth-order valence-corrected chi connectivity index (χ4v) is 6.18. The number of sulfone groups is 1. The average molecular weight is 444 g/mol. The molecule has 1 amide bonds. The zero-order valence-electron chi connectivity index (χ0n) is 16.3. The van der Waals surface area contributed by atoms with Crippen molar-refractivity contribution in [2.45, 2.75) is 41.9 Å². The second kappa shape index (κ2) is 8.24. The number of amides is 1. The van der Waals surface area contributed by atoms with Crippen molar-refractivity contribution in [3.8, 4) is 0 Å². The summed E-state index contributed by atoms with van der Waals surface area (Å²) in [7, 11) is -3.87. The number of hydrogen-bond acceptors (Lipinski definition) is 4. The van der Waals surface area contributed by atoms with Crippen molar-refractivity contribution >= 4 is 33.0 Å². The number of aromatic nitrogens is 2. The van der Waals surface area contributed by atoms with Crippen LogP contribution in [0.5, 0.6) is 0 Å². The third-order valence-electron chi connectivity index (χ3n) is 5.57. The molecule has 3 aromatic rings. The largest absolute Gasteiger partial charge is 0.333 e. The molecular weight excluding hydrogens is 422 g/mol. The monoisotopic (exact) mass is 443 g/mol. The Morgan fingerprint density at radius 2 is 1.87 bits per heavy atom. The molecule has 0 radical (unpaired) electrons. The lowest BCUT2D eigenvalue weighted by molar-refractivity contribution is -0.118. The first-order valence-electron chi connectivity index (χ1n) is 9.77. The Balaban J connectivity index is 1.61. The van der Waals surface area contributed by atoms with E-state index in [-0.39, 0.29) is 4.90 Å². The Labute approximate surface area is 180 Å². The van der Waals surface area contributed by atoms with Crippen LogP contribution >= 0.6 is 11.6 Å². The number of halogens is 1. The molecule has 0 bridgehead atoms. The summed E-state index contributed by atoms with van der Waals surface area (Å²) in [6, 6.07) is 13.4. The summed E-state index contributed by atoms with van der Waals surface area (Å²) in [6.07, 6.45) is 7.28. The third kappa shape index (κ3) is 3.87. The van der Waals surface area contributed by atoms with Gasteiger partial charge in [0, 0.05) is 29.6 Å². The second-order valence-electron chi connectivity index (χ2n) is 7.55. The van der Waals surface area contributed by atoms with Gasteiger partial charge in [-0.05, 0) is 54.8 Å². The number of nitrogens with one attached hydrogen (secondary N) is 1. The highest BCUT2D eigenvalue weighted by molar-refractivity contribution is 7.93. The molecule has 156 valence electrons. The van der Waals surface area contributed by atoms with Crippen molar-refractivity contribution in [2.75, 3.05) is 5.32 Å². The molecule has 6 nitrogen and oxygen atoms in total. The van der Waals surface area contributed by atoms with Gasteiger partial charge in [0.25, 0.3) is 0 Å². The van der Waals surface area contributed by atoms with Gasteiger partial charge >= 0.3 is 0 Å². The van der Waals surface area contributed by atoms with E-state index >= 15 is 0 Å². The van der Waals surface area contributed by atoms with E-state index in [0.717, 1.165) is 5.56 Å². The van der Waals surface area contributed by atoms with Gasteiger partial charge in [-0.2, -0.15) is 0 Å². The third-order valence-corrected chi connectivity index (χ3v) is 8.34. The maximum Gasteiger partial charge on any atom is 0.246 e. The van der Waals surface area contributed by atoms with E-state index in [1.165, 1.54) is 24.3 Å². The smallest absolute Gasteiger partial charge is 0.246 e. The summed E-state index contributed by atoms with van der Waals surface area (Å²) in [5, 5.41) is 3.32. The number of benzene rings is 2. The number of anilines is 1. The van der Waals surface area contributed by atoms with Crippen LogP contribution in [-0.2, 0) is 21.2 Å². The minimum Gasteiger partial charge on any atom is -0.333 e. The Morgan fingerprint density at radius 1 is 1.13 bits per heavy atom. The lowest BCUT2D eigenvalue weighted by Gasteiger charge is -2.27. The fourth-order valence-electron chi connectivity index (χ4n) is 3.99. The normalized spacial score (nSPS) is 15.8. The van der Waals surface area contributed by atoms with Crippen molar-refractivity contribution in [3.63, 3.8) is 0 Å². The van der Waals surface area contributed by atoms with Crippen LogP contribution < -0.4 is 5.32 Å². The van der Waals surface area contributed by atoms with Crippen LogP contribution in [0.4, 0.5) is 5.69 Å². The predicted molar refractivity (Wildman–Crippen MR) is 116 cm³/mol. The number of carbonyl (C=O) groups is 1. The van der Waals surface area contributed by atoms with Crippen LogP contribution in [0.1, 0.15) is 31.2 Å². The lowest BCUT2D eigenvalue weighted by Crippen LogP contribution is -2.47. The molecule has 30 heavy (non-hydrogen) atoms. The van der Waals surface area contributed by atoms with Gasteiger partial charge in [-0.3, -0.25) is 4.79 Å². The van der Waals surface area contributed by atoms with Crippen LogP contribution in [0.15, 0.2) is 72.1 Å². The second-order valence-corrected chi connectivity index (χ2v) is 10.2. The lowest BCUT2D eigenvalue weighted by atomic mass is 10.1. The van der Waals surface area contributed by atoms with E-state index in [1.807, 2.05) is 29.0 Å². The number of hydrogen-bond donors (Lipinski definition) is 1. The summed E-state index contributed by atoms with van der Waals surface area (Å²) in [4.78, 5) is 17.5. The van der Waals surface area contributed by atoms with Crippen molar-refractivity contribution in [2.24, 2.45) is 0 Å². The molecule has 0 aliphatic heterocycles. The van der Waals surface area contributed by atoms with Crippen LogP contribution in [0.25, 0.3) is 0 Å². The van der Waals surface area contributed by atoms with Gasteiger partial charge < -0.3 is 9.88 Å². The Morgan fingerprint density at radius 3 is 2.53 bits per heavy atom. The maximum atomic E-state index is 13.5. The Hall–Kier alpha value is -2.64. The number of carbonyl (C=O) groups excluding carboxylic acids is 1. The quantitative estimate of drug-likeness (QED) is 0.615. The summed E-state index contributed by atoms with van der Waals surface area (Å²) in [5.74, 6) is -0.477. The standard InChI is InChI=1S/C22H22ClN3O3S/c23-18-6-8-20(9-7-18)30(28,29)22(10-1-2-11-22)21(27)25-19-5-3-4-17(14-19)15-26-13-12-24-16-26/h3-9,12-14,16H,1-2,10-11,15H2,(H,25,27). The first kappa shape index (κ1) is 20.6. The van der Waals surface area contributed by atoms with Crippen LogP contribution in [0.2, 0.25) is 5.02 Å². The number of imidazole rings is 1. The van der Waals surface area contributed by atoms with Gasteiger partial charge in [-0.25, -0.2) is 13.4 Å². The van der Waals surface area contributed by atoms with E-state index in [9.17, 15) is 13.2 Å². The minimum atomic E-state index is -3.87. The van der Waals surface area contributed by atoms with Gasteiger partial charge in [0.2, 0.25) is 5.91 Å². The van der Waals surface area contributed by atoms with Crippen LogP contribution in [-0.4, -0.2) is 28.6 Å². The molecule has 0 saturated heterocycles. The molecule has 1 aliphatic rings. The van der Waals surface area contributed by atoms with Gasteiger partial charge in [0.15, 0.2) is 14.6 Å². The molecular formula is C22H22ClN3O3S. The highest BCUT2D eigenvalue weighted by atomic mass is 35.5. The summed E-state index contributed by atoms with van der Waals surface area (Å²) in [5.41, 5.74) is 1.56. The molecule has 1 aliphatic carbocycles. The topological polar surface area (TPSA) is 81.1 Å². The van der Waals surface area contributed by atoms with E-state index in [4.69, 9.17) is 11.6 Å². The molecule has 0 spiro atoms. The number of nitrogens with zero attached hydrogens (tertiary/aromatic N) is 2. The van der Waals surface area contributed by atoms with Gasteiger partial charge in [0.1, 0.15) is 0 Å². The molecule has 1 N–H and O–H groups in total. The van der Waals surface area contributed by atoms with E-state index in [2.05, 4.69) is 10.3 Å². The minimum absolute atomic E-state index is 0.123. The Bertz CT molecular complexity index is 1140. The van der Waals surface area contributed by atoms with E-state index in [1.54, 1.807) is 18.6 Å². The molecule has 0 unspecified atom stereocenters. The first-order valence-corrected chi connectivity index (χ1v) is 11.6.